The molecule has 0 aromatic carbocycles. The second-order valence-corrected chi connectivity index (χ2v) is 3.53. The van der Waals surface area contributed by atoms with Gasteiger partial charge in [0.1, 0.15) is 6.10 Å². The summed E-state index contributed by atoms with van der Waals surface area (Å²) in [6, 6.07) is 0. The molecule has 0 heterocycles. The molecule has 0 spiro atoms. The highest BCUT2D eigenvalue weighted by Gasteiger charge is 2.17. The zero-order chi connectivity index (χ0) is 9.52. The second-order valence-electron chi connectivity index (χ2n) is 3.53. The van der Waals surface area contributed by atoms with Crippen molar-refractivity contribution in [3.8, 4) is 0 Å². The third kappa shape index (κ3) is 4.11. The molecule has 1 saturated carbocycles. The smallest absolute Gasteiger partial charge is 0.330 e. The maximum atomic E-state index is 11.2. The lowest BCUT2D eigenvalue weighted by Gasteiger charge is -2.08. The molecule has 2 nitrogen and oxygen atoms in total. The SMILES string of the molecule is CCCC=CC(=O)OC1CCCC1. The first-order valence-electron chi connectivity index (χ1n) is 5.20. The first-order chi connectivity index (χ1) is 6.33. The number of hydrogen-bond acceptors (Lipinski definition) is 2. The number of ether oxygens (including phenoxy) is 1. The summed E-state index contributed by atoms with van der Waals surface area (Å²) in [5.41, 5.74) is 0. The lowest BCUT2D eigenvalue weighted by molar-refractivity contribution is -0.142. The van der Waals surface area contributed by atoms with Gasteiger partial charge in [0.15, 0.2) is 0 Å². The Morgan fingerprint density at radius 1 is 1.46 bits per heavy atom. The molecule has 74 valence electrons. The molecule has 1 fully saturated rings. The number of rotatable bonds is 4. The number of unbranched alkanes of at least 4 members (excludes halogenated alkanes) is 1. The normalized spacial score (nSPS) is 18.2. The Labute approximate surface area is 80.0 Å². The quantitative estimate of drug-likeness (QED) is 0.493. The topological polar surface area (TPSA) is 26.3 Å². The summed E-state index contributed by atoms with van der Waals surface area (Å²) in [7, 11) is 0. The summed E-state index contributed by atoms with van der Waals surface area (Å²) in [6.07, 6.45) is 10.2. The summed E-state index contributed by atoms with van der Waals surface area (Å²) in [5, 5.41) is 0. The van der Waals surface area contributed by atoms with E-state index >= 15 is 0 Å². The van der Waals surface area contributed by atoms with Gasteiger partial charge < -0.3 is 4.74 Å². The summed E-state index contributed by atoms with van der Waals surface area (Å²) in [6.45, 7) is 2.09. The van der Waals surface area contributed by atoms with Crippen molar-refractivity contribution in [2.75, 3.05) is 0 Å². The van der Waals surface area contributed by atoms with Crippen LogP contribution in [0.25, 0.3) is 0 Å². The summed E-state index contributed by atoms with van der Waals surface area (Å²) in [5.74, 6) is -0.166. The van der Waals surface area contributed by atoms with E-state index in [1.807, 2.05) is 6.08 Å². The van der Waals surface area contributed by atoms with Crippen LogP contribution in [0.2, 0.25) is 0 Å². The molecule has 1 aliphatic rings. The molecule has 0 aromatic heterocycles. The van der Waals surface area contributed by atoms with Gasteiger partial charge in [-0.05, 0) is 32.1 Å². The molecule has 0 bridgehead atoms. The van der Waals surface area contributed by atoms with Gasteiger partial charge in [-0.3, -0.25) is 0 Å². The van der Waals surface area contributed by atoms with E-state index < -0.39 is 0 Å². The first-order valence-corrected chi connectivity index (χ1v) is 5.20. The molecule has 0 saturated heterocycles. The van der Waals surface area contributed by atoms with Gasteiger partial charge >= 0.3 is 5.97 Å². The van der Waals surface area contributed by atoms with Crippen molar-refractivity contribution in [1.82, 2.24) is 0 Å². The van der Waals surface area contributed by atoms with E-state index in [2.05, 4.69) is 6.92 Å². The number of esters is 1. The van der Waals surface area contributed by atoms with Crippen molar-refractivity contribution in [3.63, 3.8) is 0 Å². The maximum Gasteiger partial charge on any atom is 0.330 e. The molecule has 0 unspecified atom stereocenters. The molecule has 13 heavy (non-hydrogen) atoms. The fourth-order valence-electron chi connectivity index (χ4n) is 1.56. The van der Waals surface area contributed by atoms with Crippen LogP contribution in [0.1, 0.15) is 45.4 Å². The van der Waals surface area contributed by atoms with Crippen LogP contribution in [-0.4, -0.2) is 12.1 Å². The molecular formula is C11H18O2. The van der Waals surface area contributed by atoms with Crippen molar-refractivity contribution >= 4 is 5.97 Å². The highest BCUT2D eigenvalue weighted by atomic mass is 16.5. The minimum atomic E-state index is -0.166. The minimum Gasteiger partial charge on any atom is -0.459 e. The van der Waals surface area contributed by atoms with Crippen LogP contribution in [-0.2, 0) is 9.53 Å². The van der Waals surface area contributed by atoms with E-state index in [1.54, 1.807) is 6.08 Å². The molecular weight excluding hydrogens is 164 g/mol. The maximum absolute atomic E-state index is 11.2. The summed E-state index contributed by atoms with van der Waals surface area (Å²) < 4.78 is 5.23. The van der Waals surface area contributed by atoms with Gasteiger partial charge in [-0.2, -0.15) is 0 Å². The number of carbonyl (C=O) groups excluding carboxylic acids is 1. The lowest BCUT2D eigenvalue weighted by atomic mass is 10.3. The van der Waals surface area contributed by atoms with Gasteiger partial charge in [-0.15, -0.1) is 0 Å². The standard InChI is InChI=1S/C11H18O2/c1-2-3-4-9-11(12)13-10-7-5-6-8-10/h4,9-10H,2-3,5-8H2,1H3. The van der Waals surface area contributed by atoms with E-state index in [0.29, 0.717) is 0 Å². The van der Waals surface area contributed by atoms with Crippen LogP contribution in [0.3, 0.4) is 0 Å². The van der Waals surface area contributed by atoms with Crippen LogP contribution in [0.15, 0.2) is 12.2 Å². The second kappa shape index (κ2) is 5.79. The highest BCUT2D eigenvalue weighted by Crippen LogP contribution is 2.20. The van der Waals surface area contributed by atoms with Crippen LogP contribution in [0.4, 0.5) is 0 Å². The fraction of sp³-hybridized carbons (Fsp3) is 0.727. The Hall–Kier alpha value is -0.790. The molecule has 0 N–H and O–H groups in total. The molecule has 1 aliphatic carbocycles. The first kappa shape index (κ1) is 10.3. The average Bonchev–Trinajstić information content (AvgIpc) is 2.57. The third-order valence-electron chi connectivity index (χ3n) is 2.29. The lowest BCUT2D eigenvalue weighted by Crippen LogP contribution is -2.12. The van der Waals surface area contributed by atoms with E-state index in [-0.39, 0.29) is 12.1 Å². The molecule has 0 aliphatic heterocycles. The van der Waals surface area contributed by atoms with Crippen molar-refractivity contribution in [2.45, 2.75) is 51.6 Å². The van der Waals surface area contributed by atoms with Crippen molar-refractivity contribution in [1.29, 1.82) is 0 Å². The van der Waals surface area contributed by atoms with E-state index in [1.165, 1.54) is 12.8 Å². The number of hydrogen-bond donors (Lipinski definition) is 0. The van der Waals surface area contributed by atoms with Crippen molar-refractivity contribution < 1.29 is 9.53 Å². The van der Waals surface area contributed by atoms with E-state index in [4.69, 9.17) is 4.74 Å². The predicted molar refractivity (Wildman–Crippen MR) is 52.4 cm³/mol. The Balaban J connectivity index is 2.16. The van der Waals surface area contributed by atoms with Crippen LogP contribution < -0.4 is 0 Å². The summed E-state index contributed by atoms with van der Waals surface area (Å²) >= 11 is 0. The molecule has 2 heteroatoms. The Bertz CT molecular complexity index is 179. The number of allylic oxidation sites excluding steroid dienone is 1. The molecule has 0 atom stereocenters. The van der Waals surface area contributed by atoms with Crippen LogP contribution in [0, 0.1) is 0 Å². The van der Waals surface area contributed by atoms with Gasteiger partial charge in [-0.25, -0.2) is 4.79 Å². The van der Waals surface area contributed by atoms with Crippen LogP contribution in [0.5, 0.6) is 0 Å². The van der Waals surface area contributed by atoms with E-state index in [9.17, 15) is 4.79 Å². The van der Waals surface area contributed by atoms with Crippen LogP contribution >= 0.6 is 0 Å². The van der Waals surface area contributed by atoms with Crippen molar-refractivity contribution in [3.05, 3.63) is 12.2 Å². The molecule has 1 rings (SSSR count). The van der Waals surface area contributed by atoms with Gasteiger partial charge in [0.2, 0.25) is 0 Å². The van der Waals surface area contributed by atoms with Gasteiger partial charge in [0.05, 0.1) is 0 Å². The highest BCUT2D eigenvalue weighted by molar-refractivity contribution is 5.82. The zero-order valence-corrected chi connectivity index (χ0v) is 8.29. The van der Waals surface area contributed by atoms with Crippen molar-refractivity contribution in [2.24, 2.45) is 0 Å². The zero-order valence-electron chi connectivity index (χ0n) is 8.29. The minimum absolute atomic E-state index is 0.166. The van der Waals surface area contributed by atoms with Gasteiger partial charge in [0.25, 0.3) is 0 Å². The Kier molecular flexibility index (Phi) is 4.58. The van der Waals surface area contributed by atoms with Gasteiger partial charge in [-0.1, -0.05) is 19.4 Å². The molecule has 0 amide bonds. The van der Waals surface area contributed by atoms with E-state index in [0.717, 1.165) is 25.7 Å². The van der Waals surface area contributed by atoms with Gasteiger partial charge in [0, 0.05) is 6.08 Å². The summed E-state index contributed by atoms with van der Waals surface area (Å²) in [4.78, 5) is 11.2. The Morgan fingerprint density at radius 3 is 2.77 bits per heavy atom. The molecule has 0 radical (unpaired) electrons. The third-order valence-corrected chi connectivity index (χ3v) is 2.29. The predicted octanol–water partition coefficient (Wildman–Crippen LogP) is 2.83. The largest absolute Gasteiger partial charge is 0.459 e. The monoisotopic (exact) mass is 182 g/mol. The fourth-order valence-corrected chi connectivity index (χ4v) is 1.56. The molecule has 0 aromatic rings. The Morgan fingerprint density at radius 2 is 2.15 bits per heavy atom. The number of carbonyl (C=O) groups is 1. The average molecular weight is 182 g/mol.